The fraction of sp³-hybridized carbons (Fsp3) is 0.125. The SMILES string of the molecule is Cc1cc(I)c(F)c(C=O)c1Cl. The van der Waals surface area contributed by atoms with Crippen molar-refractivity contribution in [2.24, 2.45) is 0 Å². The van der Waals surface area contributed by atoms with Crippen LogP contribution in [0.4, 0.5) is 4.39 Å². The van der Waals surface area contributed by atoms with Gasteiger partial charge in [-0.1, -0.05) is 11.6 Å². The van der Waals surface area contributed by atoms with Crippen LogP contribution in [0.2, 0.25) is 5.02 Å². The molecule has 0 amide bonds. The molecule has 0 atom stereocenters. The summed E-state index contributed by atoms with van der Waals surface area (Å²) in [4.78, 5) is 10.4. The van der Waals surface area contributed by atoms with Crippen molar-refractivity contribution >= 4 is 40.5 Å². The second-order valence-corrected chi connectivity index (χ2v) is 3.87. The molecule has 0 N–H and O–H groups in total. The van der Waals surface area contributed by atoms with Gasteiger partial charge in [-0.05, 0) is 41.1 Å². The molecule has 1 rings (SSSR count). The maximum Gasteiger partial charge on any atom is 0.154 e. The molecule has 0 aromatic heterocycles. The van der Waals surface area contributed by atoms with E-state index in [0.29, 0.717) is 15.4 Å². The maximum absolute atomic E-state index is 13.1. The zero-order valence-electron chi connectivity index (χ0n) is 6.20. The van der Waals surface area contributed by atoms with Crippen LogP contribution in [0.5, 0.6) is 0 Å². The highest BCUT2D eigenvalue weighted by atomic mass is 127. The minimum Gasteiger partial charge on any atom is -0.298 e. The lowest BCUT2D eigenvalue weighted by Crippen LogP contribution is -1.95. The predicted molar refractivity (Wildman–Crippen MR) is 54.3 cm³/mol. The summed E-state index contributed by atoms with van der Waals surface area (Å²) in [5.41, 5.74) is 0.658. The van der Waals surface area contributed by atoms with Crippen LogP contribution in [0.1, 0.15) is 15.9 Å². The van der Waals surface area contributed by atoms with Crippen LogP contribution in [-0.2, 0) is 0 Å². The molecule has 0 aliphatic heterocycles. The Morgan fingerprint density at radius 2 is 2.25 bits per heavy atom. The molecule has 1 aromatic rings. The van der Waals surface area contributed by atoms with Crippen molar-refractivity contribution < 1.29 is 9.18 Å². The predicted octanol–water partition coefficient (Wildman–Crippen LogP) is 3.20. The first-order chi connectivity index (χ1) is 5.57. The fourth-order valence-corrected chi connectivity index (χ4v) is 1.80. The smallest absolute Gasteiger partial charge is 0.154 e. The summed E-state index contributed by atoms with van der Waals surface area (Å²) in [7, 11) is 0. The van der Waals surface area contributed by atoms with Crippen molar-refractivity contribution in [3.63, 3.8) is 0 Å². The summed E-state index contributed by atoms with van der Waals surface area (Å²) in [5.74, 6) is -0.541. The minimum atomic E-state index is -0.541. The van der Waals surface area contributed by atoms with Gasteiger partial charge in [0.1, 0.15) is 5.82 Å². The fourth-order valence-electron chi connectivity index (χ4n) is 0.858. The summed E-state index contributed by atoms with van der Waals surface area (Å²) in [5, 5.41) is 0.197. The Morgan fingerprint density at radius 1 is 1.67 bits per heavy atom. The molecule has 0 saturated heterocycles. The number of carbonyl (C=O) groups is 1. The van der Waals surface area contributed by atoms with Gasteiger partial charge in [-0.3, -0.25) is 4.79 Å². The molecule has 0 spiro atoms. The lowest BCUT2D eigenvalue weighted by molar-refractivity contribution is 0.111. The zero-order chi connectivity index (χ0) is 9.30. The van der Waals surface area contributed by atoms with E-state index in [0.717, 1.165) is 0 Å². The number of hydrogen-bond donors (Lipinski definition) is 0. The maximum atomic E-state index is 13.1. The van der Waals surface area contributed by atoms with Gasteiger partial charge < -0.3 is 0 Å². The lowest BCUT2D eigenvalue weighted by atomic mass is 10.1. The highest BCUT2D eigenvalue weighted by Crippen LogP contribution is 2.25. The van der Waals surface area contributed by atoms with Crippen LogP contribution >= 0.6 is 34.2 Å². The second-order valence-electron chi connectivity index (χ2n) is 2.33. The van der Waals surface area contributed by atoms with Crippen molar-refractivity contribution in [2.45, 2.75) is 6.92 Å². The van der Waals surface area contributed by atoms with Crippen molar-refractivity contribution in [3.05, 3.63) is 31.6 Å². The first-order valence-electron chi connectivity index (χ1n) is 3.17. The van der Waals surface area contributed by atoms with E-state index in [1.165, 1.54) is 0 Å². The number of carbonyl (C=O) groups excluding carboxylic acids is 1. The molecular formula is C8H5ClFIO. The average Bonchev–Trinajstić information content (AvgIpc) is 2.02. The summed E-state index contributed by atoms with van der Waals surface area (Å²) >= 11 is 7.52. The highest BCUT2D eigenvalue weighted by molar-refractivity contribution is 14.1. The van der Waals surface area contributed by atoms with Crippen molar-refractivity contribution in [1.29, 1.82) is 0 Å². The van der Waals surface area contributed by atoms with Gasteiger partial charge in [0.25, 0.3) is 0 Å². The van der Waals surface area contributed by atoms with E-state index in [2.05, 4.69) is 0 Å². The molecule has 0 heterocycles. The van der Waals surface area contributed by atoms with Crippen LogP contribution in [0.25, 0.3) is 0 Å². The molecule has 0 unspecified atom stereocenters. The largest absolute Gasteiger partial charge is 0.298 e. The van der Waals surface area contributed by atoms with Crippen LogP contribution in [0.15, 0.2) is 6.07 Å². The topological polar surface area (TPSA) is 17.1 Å². The standard InChI is InChI=1S/C8H5ClFIO/c1-4-2-6(11)8(10)5(3-12)7(4)9/h2-3H,1H3. The van der Waals surface area contributed by atoms with E-state index in [4.69, 9.17) is 11.6 Å². The van der Waals surface area contributed by atoms with E-state index in [1.807, 2.05) is 22.6 Å². The Kier molecular flexibility index (Phi) is 3.06. The van der Waals surface area contributed by atoms with Crippen molar-refractivity contribution in [3.8, 4) is 0 Å². The van der Waals surface area contributed by atoms with Crippen molar-refractivity contribution in [1.82, 2.24) is 0 Å². The number of rotatable bonds is 1. The molecule has 1 nitrogen and oxygen atoms in total. The zero-order valence-corrected chi connectivity index (χ0v) is 9.11. The Balaban J connectivity index is 3.52. The third-order valence-corrected chi connectivity index (χ3v) is 2.78. The number of hydrogen-bond acceptors (Lipinski definition) is 1. The van der Waals surface area contributed by atoms with E-state index in [9.17, 15) is 9.18 Å². The molecule has 0 saturated carbocycles. The monoisotopic (exact) mass is 298 g/mol. The molecule has 0 radical (unpaired) electrons. The average molecular weight is 298 g/mol. The Bertz CT molecular complexity index is 312. The second kappa shape index (κ2) is 3.70. The number of halogens is 3. The van der Waals surface area contributed by atoms with Crippen LogP contribution in [-0.4, -0.2) is 6.29 Å². The molecule has 4 heteroatoms. The summed E-state index contributed by atoms with van der Waals surface area (Å²) < 4.78 is 13.5. The van der Waals surface area contributed by atoms with Gasteiger partial charge in [-0.2, -0.15) is 0 Å². The quantitative estimate of drug-likeness (QED) is 0.442. The normalized spacial score (nSPS) is 10.0. The van der Waals surface area contributed by atoms with Gasteiger partial charge in [0.05, 0.1) is 10.6 Å². The first kappa shape index (κ1) is 9.92. The first-order valence-corrected chi connectivity index (χ1v) is 4.63. The molecule has 0 aliphatic carbocycles. The van der Waals surface area contributed by atoms with Gasteiger partial charge in [0, 0.05) is 3.57 Å². The molecule has 0 bridgehead atoms. The third-order valence-electron chi connectivity index (χ3n) is 1.49. The van der Waals surface area contributed by atoms with Gasteiger partial charge in [0.2, 0.25) is 0 Å². The lowest BCUT2D eigenvalue weighted by Gasteiger charge is -2.03. The Morgan fingerprint density at radius 3 is 2.75 bits per heavy atom. The van der Waals surface area contributed by atoms with Crippen molar-refractivity contribution in [2.75, 3.05) is 0 Å². The van der Waals surface area contributed by atoms with Crippen LogP contribution in [0.3, 0.4) is 0 Å². The minimum absolute atomic E-state index is 0.0546. The highest BCUT2D eigenvalue weighted by Gasteiger charge is 2.12. The van der Waals surface area contributed by atoms with Gasteiger partial charge in [-0.15, -0.1) is 0 Å². The molecular weight excluding hydrogens is 293 g/mol. The molecule has 64 valence electrons. The van der Waals surface area contributed by atoms with E-state index >= 15 is 0 Å². The molecule has 0 fully saturated rings. The summed E-state index contributed by atoms with van der Waals surface area (Å²) in [6.45, 7) is 1.73. The molecule has 1 aromatic carbocycles. The van der Waals surface area contributed by atoms with Gasteiger partial charge in [-0.25, -0.2) is 4.39 Å². The van der Waals surface area contributed by atoms with E-state index in [-0.39, 0.29) is 10.6 Å². The van der Waals surface area contributed by atoms with E-state index < -0.39 is 5.82 Å². The van der Waals surface area contributed by atoms with Gasteiger partial charge >= 0.3 is 0 Å². The third kappa shape index (κ3) is 1.61. The number of aldehydes is 1. The van der Waals surface area contributed by atoms with Crippen LogP contribution in [0, 0.1) is 16.3 Å². The molecule has 12 heavy (non-hydrogen) atoms. The number of aryl methyl sites for hydroxylation is 1. The summed E-state index contributed by atoms with van der Waals surface area (Å²) in [6, 6.07) is 1.60. The van der Waals surface area contributed by atoms with Gasteiger partial charge in [0.15, 0.2) is 6.29 Å². The number of benzene rings is 1. The Labute approximate surface area is 88.1 Å². The molecule has 0 aliphatic rings. The van der Waals surface area contributed by atoms with E-state index in [1.54, 1.807) is 13.0 Å². The van der Waals surface area contributed by atoms with Crippen LogP contribution < -0.4 is 0 Å². The Hall–Kier alpha value is -0.160. The summed E-state index contributed by atoms with van der Waals surface area (Å²) in [6.07, 6.45) is 0.437.